The third kappa shape index (κ3) is 5.25. The number of tetrazole rings is 1. The van der Waals surface area contributed by atoms with Gasteiger partial charge in [-0.15, -0.1) is 10.2 Å². The summed E-state index contributed by atoms with van der Waals surface area (Å²) in [6.45, 7) is 1.37. The number of nitrogens with zero attached hydrogens (tertiary/aromatic N) is 5. The average molecular weight is 483 g/mol. The number of benzene rings is 3. The van der Waals surface area contributed by atoms with Crippen LogP contribution in [0.25, 0.3) is 11.4 Å². The molecule has 2 amide bonds. The Balaban J connectivity index is 1.17. The molecule has 0 radical (unpaired) electrons. The average Bonchev–Trinajstić information content (AvgIpc) is 3.49. The molecule has 182 valence electrons. The molecule has 0 saturated heterocycles. The molecule has 2 heterocycles. The van der Waals surface area contributed by atoms with Gasteiger partial charge in [-0.05, 0) is 46.7 Å². The second-order valence-electron chi connectivity index (χ2n) is 8.67. The number of carbonyl (C=O) groups is 2. The van der Waals surface area contributed by atoms with E-state index >= 15 is 0 Å². The highest BCUT2D eigenvalue weighted by atomic mass is 16.5. The van der Waals surface area contributed by atoms with Gasteiger partial charge in [0.05, 0.1) is 7.05 Å². The number of amides is 2. The van der Waals surface area contributed by atoms with Crippen molar-refractivity contribution in [3.8, 4) is 17.1 Å². The van der Waals surface area contributed by atoms with E-state index in [0.29, 0.717) is 31.2 Å². The molecule has 5 rings (SSSR count). The highest BCUT2D eigenvalue weighted by Gasteiger charge is 2.29. The standard InChI is InChI=1S/C27H26N6O3/c1-32-30-26(29-31-32)20-11-13-23(14-12-20)36-18-25(34)28-15-22(19-7-3-2-4-8-19)17-33-16-21-9-5-6-10-24(21)27(33)35/h2-14,22H,15-18H2,1H3,(H,28,34). The number of rotatable bonds is 9. The number of aryl methyl sites for hydroxylation is 1. The summed E-state index contributed by atoms with van der Waals surface area (Å²) in [6.07, 6.45) is 0. The Labute approximate surface area is 208 Å². The fourth-order valence-corrected chi connectivity index (χ4v) is 4.28. The van der Waals surface area contributed by atoms with E-state index in [9.17, 15) is 9.59 Å². The van der Waals surface area contributed by atoms with Gasteiger partial charge < -0.3 is 15.0 Å². The molecule has 9 nitrogen and oxygen atoms in total. The predicted octanol–water partition coefficient (Wildman–Crippen LogP) is 2.81. The minimum Gasteiger partial charge on any atom is -0.484 e. The van der Waals surface area contributed by atoms with E-state index in [-0.39, 0.29) is 24.3 Å². The summed E-state index contributed by atoms with van der Waals surface area (Å²) >= 11 is 0. The highest BCUT2D eigenvalue weighted by Crippen LogP contribution is 2.26. The minimum atomic E-state index is -0.230. The lowest BCUT2D eigenvalue weighted by atomic mass is 9.98. The van der Waals surface area contributed by atoms with Crippen molar-refractivity contribution in [1.29, 1.82) is 0 Å². The maximum atomic E-state index is 12.9. The molecule has 36 heavy (non-hydrogen) atoms. The van der Waals surface area contributed by atoms with Crippen LogP contribution >= 0.6 is 0 Å². The van der Waals surface area contributed by atoms with Crippen molar-refractivity contribution in [3.63, 3.8) is 0 Å². The number of carbonyl (C=O) groups excluding carboxylic acids is 2. The smallest absolute Gasteiger partial charge is 0.257 e. The maximum Gasteiger partial charge on any atom is 0.257 e. The summed E-state index contributed by atoms with van der Waals surface area (Å²) in [7, 11) is 1.71. The van der Waals surface area contributed by atoms with Crippen LogP contribution in [0.4, 0.5) is 0 Å². The van der Waals surface area contributed by atoms with Crippen LogP contribution in [0.15, 0.2) is 78.9 Å². The van der Waals surface area contributed by atoms with Gasteiger partial charge >= 0.3 is 0 Å². The lowest BCUT2D eigenvalue weighted by molar-refractivity contribution is -0.123. The summed E-state index contributed by atoms with van der Waals surface area (Å²) < 4.78 is 5.66. The molecular weight excluding hydrogens is 456 g/mol. The Kier molecular flexibility index (Phi) is 6.70. The Morgan fingerprint density at radius 2 is 1.78 bits per heavy atom. The summed E-state index contributed by atoms with van der Waals surface area (Å²) in [4.78, 5) is 28.7. The fourth-order valence-electron chi connectivity index (χ4n) is 4.28. The Hall–Kier alpha value is -4.53. The van der Waals surface area contributed by atoms with Gasteiger partial charge in [-0.3, -0.25) is 9.59 Å². The fraction of sp³-hybridized carbons (Fsp3) is 0.222. The van der Waals surface area contributed by atoms with E-state index in [2.05, 4.69) is 20.7 Å². The predicted molar refractivity (Wildman–Crippen MR) is 133 cm³/mol. The molecule has 0 aliphatic carbocycles. The largest absolute Gasteiger partial charge is 0.484 e. The van der Waals surface area contributed by atoms with E-state index in [1.807, 2.05) is 71.6 Å². The van der Waals surface area contributed by atoms with E-state index in [4.69, 9.17) is 4.74 Å². The van der Waals surface area contributed by atoms with E-state index < -0.39 is 0 Å². The van der Waals surface area contributed by atoms with Crippen LogP contribution in [0.2, 0.25) is 0 Å². The monoisotopic (exact) mass is 482 g/mol. The molecule has 0 spiro atoms. The van der Waals surface area contributed by atoms with Gasteiger partial charge in [-0.1, -0.05) is 48.5 Å². The Morgan fingerprint density at radius 3 is 2.50 bits per heavy atom. The summed E-state index contributed by atoms with van der Waals surface area (Å²) in [5, 5.41) is 14.9. The first-order chi connectivity index (χ1) is 17.6. The topological polar surface area (TPSA) is 102 Å². The number of ether oxygens (including phenoxy) is 1. The van der Waals surface area contributed by atoms with Crippen LogP contribution in [0.5, 0.6) is 5.75 Å². The second kappa shape index (κ2) is 10.4. The molecule has 1 aliphatic rings. The van der Waals surface area contributed by atoms with Crippen molar-refractivity contribution < 1.29 is 14.3 Å². The number of hydrogen-bond donors (Lipinski definition) is 1. The van der Waals surface area contributed by atoms with E-state index in [1.165, 1.54) is 4.80 Å². The van der Waals surface area contributed by atoms with Crippen LogP contribution in [0.3, 0.4) is 0 Å². The van der Waals surface area contributed by atoms with Gasteiger partial charge in [0.25, 0.3) is 11.8 Å². The van der Waals surface area contributed by atoms with Crippen LogP contribution in [0.1, 0.15) is 27.4 Å². The lowest BCUT2D eigenvalue weighted by Crippen LogP contribution is -2.37. The van der Waals surface area contributed by atoms with Crippen LogP contribution in [-0.4, -0.2) is 56.6 Å². The molecule has 1 aromatic heterocycles. The SMILES string of the molecule is Cn1nnc(-c2ccc(OCC(=O)NCC(CN3Cc4ccccc4C3=O)c3ccccc3)cc2)n1. The quantitative estimate of drug-likeness (QED) is 0.394. The summed E-state index contributed by atoms with van der Waals surface area (Å²) in [6, 6.07) is 24.8. The van der Waals surface area contributed by atoms with Crippen LogP contribution < -0.4 is 10.1 Å². The first kappa shape index (κ1) is 23.2. The molecule has 1 aliphatic heterocycles. The van der Waals surface area contributed by atoms with Crippen molar-refractivity contribution in [1.82, 2.24) is 30.4 Å². The highest BCUT2D eigenvalue weighted by molar-refractivity contribution is 5.98. The number of nitrogens with one attached hydrogen (secondary N) is 1. The van der Waals surface area contributed by atoms with Crippen LogP contribution in [-0.2, 0) is 18.4 Å². The van der Waals surface area contributed by atoms with E-state index in [1.54, 1.807) is 19.2 Å². The van der Waals surface area contributed by atoms with Gasteiger partial charge in [-0.25, -0.2) is 0 Å². The molecule has 0 fully saturated rings. The number of hydrogen-bond acceptors (Lipinski definition) is 6. The first-order valence-electron chi connectivity index (χ1n) is 11.7. The molecule has 0 saturated carbocycles. The van der Waals surface area contributed by atoms with Crippen LogP contribution in [0, 0.1) is 0 Å². The van der Waals surface area contributed by atoms with Crippen molar-refractivity contribution >= 4 is 11.8 Å². The first-order valence-corrected chi connectivity index (χ1v) is 11.7. The number of fused-ring (bicyclic) bond motifs is 1. The summed E-state index contributed by atoms with van der Waals surface area (Å²) in [5.74, 6) is 0.839. The molecule has 9 heteroatoms. The zero-order chi connectivity index (χ0) is 24.9. The second-order valence-corrected chi connectivity index (χ2v) is 8.67. The van der Waals surface area contributed by atoms with Crippen molar-refractivity contribution in [2.75, 3.05) is 19.7 Å². The van der Waals surface area contributed by atoms with E-state index in [0.717, 1.165) is 22.3 Å². The zero-order valence-electron chi connectivity index (χ0n) is 19.9. The molecule has 4 aromatic rings. The molecular formula is C27H26N6O3. The van der Waals surface area contributed by atoms with Gasteiger partial charge in [0.2, 0.25) is 5.82 Å². The summed E-state index contributed by atoms with van der Waals surface area (Å²) in [5.41, 5.74) is 3.66. The van der Waals surface area contributed by atoms with Crippen molar-refractivity contribution in [3.05, 3.63) is 95.6 Å². The Bertz CT molecular complexity index is 1350. The van der Waals surface area contributed by atoms with Crippen molar-refractivity contribution in [2.24, 2.45) is 7.05 Å². The third-order valence-corrected chi connectivity index (χ3v) is 6.14. The molecule has 1 unspecified atom stereocenters. The molecule has 1 atom stereocenters. The minimum absolute atomic E-state index is 0.0290. The molecule has 0 bridgehead atoms. The normalized spacial score (nSPS) is 13.4. The van der Waals surface area contributed by atoms with Gasteiger partial charge in [0, 0.05) is 36.7 Å². The third-order valence-electron chi connectivity index (χ3n) is 6.14. The van der Waals surface area contributed by atoms with Gasteiger partial charge in [0.1, 0.15) is 5.75 Å². The zero-order valence-corrected chi connectivity index (χ0v) is 19.9. The van der Waals surface area contributed by atoms with Gasteiger partial charge in [-0.2, -0.15) is 4.80 Å². The number of aromatic nitrogens is 4. The molecule has 1 N–H and O–H groups in total. The maximum absolute atomic E-state index is 12.9. The lowest BCUT2D eigenvalue weighted by Gasteiger charge is -2.24. The van der Waals surface area contributed by atoms with Gasteiger partial charge in [0.15, 0.2) is 6.61 Å². The molecule has 3 aromatic carbocycles. The van der Waals surface area contributed by atoms with Crippen molar-refractivity contribution in [2.45, 2.75) is 12.5 Å². The Morgan fingerprint density at radius 1 is 1.03 bits per heavy atom.